The minimum absolute atomic E-state index is 0. The van der Waals surface area contributed by atoms with Crippen LogP contribution in [-0.4, -0.2) is 25.7 Å². The molecule has 0 spiro atoms. The second-order valence-electron chi connectivity index (χ2n) is 2.89. The van der Waals surface area contributed by atoms with E-state index in [0.29, 0.717) is 5.75 Å². The van der Waals surface area contributed by atoms with Crippen molar-refractivity contribution in [1.82, 2.24) is 0 Å². The predicted octanol–water partition coefficient (Wildman–Crippen LogP) is 1.13. The monoisotopic (exact) mass is 249 g/mol. The molecule has 0 saturated carbocycles. The van der Waals surface area contributed by atoms with Gasteiger partial charge in [0.05, 0.1) is 7.11 Å². The molecule has 1 rings (SSSR count). The third-order valence-corrected chi connectivity index (χ3v) is 1.75. The van der Waals surface area contributed by atoms with Crippen LogP contribution in [-0.2, 0) is 9.53 Å². The minimum Gasteiger partial charge on any atom is -0.491 e. The fourth-order valence-electron chi connectivity index (χ4n) is 0.936. The first-order chi connectivity index (χ1) is 7.13. The zero-order chi connectivity index (χ0) is 11.3. The van der Waals surface area contributed by atoms with Crippen LogP contribution in [0.25, 0.3) is 0 Å². The molecule has 4 nitrogen and oxygen atoms in total. The normalized spacial score (nSPS) is 11.2. The summed E-state index contributed by atoms with van der Waals surface area (Å²) >= 11 is 0. The molecule has 90 valence electrons. The molecule has 0 aliphatic heterocycles. The largest absolute Gasteiger partial charge is 0.491 e. The molecule has 16 heavy (non-hydrogen) atoms. The van der Waals surface area contributed by atoms with Crippen LogP contribution in [0.5, 0.6) is 5.75 Å². The maximum Gasteiger partial charge on any atom is 0.326 e. The first-order valence-corrected chi connectivity index (χ1v) is 4.35. The number of ether oxygens (including phenoxy) is 2. The molecular formula is C10H13ClFNO3. The first-order valence-electron chi connectivity index (χ1n) is 4.35. The van der Waals surface area contributed by atoms with Crippen LogP contribution in [0.2, 0.25) is 0 Å². The summed E-state index contributed by atoms with van der Waals surface area (Å²) in [6, 6.07) is 4.61. The molecule has 1 atom stereocenters. The molecule has 0 aromatic heterocycles. The number of rotatable bonds is 4. The molecule has 0 heterocycles. The van der Waals surface area contributed by atoms with Crippen LogP contribution in [0, 0.1) is 5.82 Å². The van der Waals surface area contributed by atoms with E-state index in [-0.39, 0.29) is 24.8 Å². The van der Waals surface area contributed by atoms with Gasteiger partial charge in [-0.05, 0) is 24.3 Å². The first kappa shape index (κ1) is 14.7. The number of carbonyl (C=O) groups excluding carboxylic acids is 1. The Morgan fingerprint density at radius 2 is 2.00 bits per heavy atom. The van der Waals surface area contributed by atoms with Gasteiger partial charge in [-0.2, -0.15) is 0 Å². The lowest BCUT2D eigenvalue weighted by atomic mass is 10.3. The fraction of sp³-hybridized carbons (Fsp3) is 0.300. The van der Waals surface area contributed by atoms with E-state index >= 15 is 0 Å². The van der Waals surface area contributed by atoms with Gasteiger partial charge in [-0.1, -0.05) is 0 Å². The third kappa shape index (κ3) is 4.46. The average molecular weight is 250 g/mol. The Morgan fingerprint density at radius 3 is 2.50 bits per heavy atom. The Morgan fingerprint density at radius 1 is 1.44 bits per heavy atom. The molecule has 1 aromatic carbocycles. The Hall–Kier alpha value is -1.33. The number of nitrogens with two attached hydrogens (primary N) is 1. The summed E-state index contributed by atoms with van der Waals surface area (Å²) < 4.78 is 22.1. The number of hydrogen-bond acceptors (Lipinski definition) is 4. The van der Waals surface area contributed by atoms with Gasteiger partial charge in [-0.25, -0.2) is 4.39 Å². The number of hydrogen-bond donors (Lipinski definition) is 1. The fourth-order valence-corrected chi connectivity index (χ4v) is 0.936. The number of carbonyl (C=O) groups is 1. The van der Waals surface area contributed by atoms with Crippen LogP contribution in [0.4, 0.5) is 4.39 Å². The van der Waals surface area contributed by atoms with E-state index in [1.165, 1.54) is 31.4 Å². The Kier molecular flexibility index (Phi) is 6.44. The summed E-state index contributed by atoms with van der Waals surface area (Å²) in [5.41, 5.74) is 5.43. The molecule has 2 N–H and O–H groups in total. The number of halogens is 2. The molecule has 0 aliphatic carbocycles. The summed E-state index contributed by atoms with van der Waals surface area (Å²) in [5, 5.41) is 0. The van der Waals surface area contributed by atoms with E-state index in [9.17, 15) is 9.18 Å². The summed E-state index contributed by atoms with van der Waals surface area (Å²) in [5.74, 6) is -0.438. The zero-order valence-electron chi connectivity index (χ0n) is 8.68. The van der Waals surface area contributed by atoms with E-state index in [4.69, 9.17) is 10.5 Å². The molecule has 1 aromatic rings. The highest BCUT2D eigenvalue weighted by Gasteiger charge is 2.13. The van der Waals surface area contributed by atoms with E-state index < -0.39 is 12.0 Å². The second kappa shape index (κ2) is 7.03. The minimum atomic E-state index is -0.833. The van der Waals surface area contributed by atoms with E-state index in [1.807, 2.05) is 0 Å². The van der Waals surface area contributed by atoms with Gasteiger partial charge in [0.1, 0.15) is 24.2 Å². The molecule has 6 heteroatoms. The number of methoxy groups -OCH3 is 1. The van der Waals surface area contributed by atoms with Crippen LogP contribution in [0.3, 0.4) is 0 Å². The van der Waals surface area contributed by atoms with Crippen molar-refractivity contribution in [2.45, 2.75) is 6.04 Å². The maximum atomic E-state index is 12.5. The van der Waals surface area contributed by atoms with Gasteiger partial charge in [0.2, 0.25) is 0 Å². The zero-order valence-corrected chi connectivity index (χ0v) is 9.50. The quantitative estimate of drug-likeness (QED) is 0.813. The van der Waals surface area contributed by atoms with Crippen LogP contribution >= 0.6 is 12.4 Å². The van der Waals surface area contributed by atoms with Gasteiger partial charge in [0.25, 0.3) is 0 Å². The van der Waals surface area contributed by atoms with E-state index in [1.54, 1.807) is 0 Å². The van der Waals surface area contributed by atoms with Crippen molar-refractivity contribution in [2.75, 3.05) is 13.7 Å². The predicted molar refractivity (Wildman–Crippen MR) is 59.1 cm³/mol. The second-order valence-corrected chi connectivity index (χ2v) is 2.89. The highest BCUT2D eigenvalue weighted by molar-refractivity contribution is 5.85. The molecular weight excluding hydrogens is 237 g/mol. The van der Waals surface area contributed by atoms with Crippen molar-refractivity contribution in [3.63, 3.8) is 0 Å². The van der Waals surface area contributed by atoms with Crippen LogP contribution < -0.4 is 10.5 Å². The standard InChI is InChI=1S/C10H12FNO3.ClH/c1-14-10(13)9(12)6-15-8-4-2-7(11)3-5-8;/h2-5,9H,6,12H2,1H3;1H. The molecule has 0 fully saturated rings. The Labute approximate surface area is 98.9 Å². The summed E-state index contributed by atoms with van der Waals surface area (Å²) in [7, 11) is 1.25. The van der Waals surface area contributed by atoms with Gasteiger partial charge in [-0.15, -0.1) is 12.4 Å². The van der Waals surface area contributed by atoms with Gasteiger partial charge in [0.15, 0.2) is 0 Å². The number of esters is 1. The molecule has 0 aliphatic rings. The Bertz CT molecular complexity index is 331. The summed E-state index contributed by atoms with van der Waals surface area (Å²) in [6.07, 6.45) is 0. The van der Waals surface area contributed by atoms with E-state index in [2.05, 4.69) is 4.74 Å². The van der Waals surface area contributed by atoms with Crippen molar-refractivity contribution < 1.29 is 18.7 Å². The molecule has 0 amide bonds. The van der Waals surface area contributed by atoms with Crippen molar-refractivity contribution >= 4 is 18.4 Å². The Balaban J connectivity index is 0.00000225. The lowest BCUT2D eigenvalue weighted by Crippen LogP contribution is -2.37. The molecule has 0 radical (unpaired) electrons. The average Bonchev–Trinajstić information content (AvgIpc) is 2.26. The van der Waals surface area contributed by atoms with E-state index in [0.717, 1.165) is 0 Å². The van der Waals surface area contributed by atoms with Crippen LogP contribution in [0.1, 0.15) is 0 Å². The van der Waals surface area contributed by atoms with Crippen LogP contribution in [0.15, 0.2) is 24.3 Å². The van der Waals surface area contributed by atoms with Gasteiger partial charge in [0, 0.05) is 0 Å². The van der Waals surface area contributed by atoms with Crippen molar-refractivity contribution in [2.24, 2.45) is 5.73 Å². The lowest BCUT2D eigenvalue weighted by molar-refractivity contribution is -0.142. The van der Waals surface area contributed by atoms with Crippen molar-refractivity contribution in [3.05, 3.63) is 30.1 Å². The van der Waals surface area contributed by atoms with Gasteiger partial charge < -0.3 is 15.2 Å². The van der Waals surface area contributed by atoms with Crippen molar-refractivity contribution in [3.8, 4) is 5.75 Å². The topological polar surface area (TPSA) is 61.5 Å². The summed E-state index contributed by atoms with van der Waals surface area (Å²) in [6.45, 7) is -0.00168. The smallest absolute Gasteiger partial charge is 0.326 e. The highest BCUT2D eigenvalue weighted by Crippen LogP contribution is 2.10. The van der Waals surface area contributed by atoms with Gasteiger partial charge >= 0.3 is 5.97 Å². The summed E-state index contributed by atoms with van der Waals surface area (Å²) in [4.78, 5) is 10.9. The molecule has 0 saturated heterocycles. The molecule has 1 unspecified atom stereocenters. The lowest BCUT2D eigenvalue weighted by Gasteiger charge is -2.10. The highest BCUT2D eigenvalue weighted by atomic mass is 35.5. The third-order valence-electron chi connectivity index (χ3n) is 1.75. The SMILES string of the molecule is COC(=O)C(N)COc1ccc(F)cc1.Cl. The van der Waals surface area contributed by atoms with Crippen molar-refractivity contribution in [1.29, 1.82) is 0 Å². The molecule has 0 bridgehead atoms. The number of benzene rings is 1. The maximum absolute atomic E-state index is 12.5. The van der Waals surface area contributed by atoms with Gasteiger partial charge in [-0.3, -0.25) is 4.79 Å².